The van der Waals surface area contributed by atoms with Crippen LogP contribution in [-0.4, -0.2) is 30.8 Å². The SMILES string of the molecule is N#Cc1c(-c2cnc(C(F)F)nc2)c2c(N)ncnn2c1C/C(C=N)=C/Nc1ccccc1F. The molecule has 170 valence electrons. The molecule has 1 aromatic carbocycles. The van der Waals surface area contributed by atoms with Crippen molar-refractivity contribution in [3.8, 4) is 17.2 Å². The maximum absolute atomic E-state index is 13.9. The summed E-state index contributed by atoms with van der Waals surface area (Å²) in [7, 11) is 0. The summed E-state index contributed by atoms with van der Waals surface area (Å²) in [5, 5.41) is 24.7. The normalized spacial score (nSPS) is 11.6. The van der Waals surface area contributed by atoms with Gasteiger partial charge in [0.25, 0.3) is 6.43 Å². The molecule has 0 aliphatic rings. The van der Waals surface area contributed by atoms with E-state index in [-0.39, 0.29) is 40.1 Å². The number of halogens is 3. The van der Waals surface area contributed by atoms with Crippen molar-refractivity contribution in [3.63, 3.8) is 0 Å². The number of rotatable bonds is 7. The number of nitrogens with one attached hydrogen (secondary N) is 2. The maximum Gasteiger partial charge on any atom is 0.297 e. The largest absolute Gasteiger partial charge is 0.382 e. The molecule has 0 atom stereocenters. The minimum Gasteiger partial charge on any atom is -0.382 e. The van der Waals surface area contributed by atoms with E-state index in [1.807, 2.05) is 0 Å². The zero-order valence-corrected chi connectivity index (χ0v) is 17.4. The van der Waals surface area contributed by atoms with E-state index in [2.05, 4.69) is 31.4 Å². The van der Waals surface area contributed by atoms with E-state index in [1.54, 1.807) is 12.1 Å². The Kier molecular flexibility index (Phi) is 6.18. The van der Waals surface area contributed by atoms with E-state index >= 15 is 0 Å². The molecular formula is C22H16F3N9. The van der Waals surface area contributed by atoms with Crippen LogP contribution >= 0.6 is 0 Å². The van der Waals surface area contributed by atoms with Crippen LogP contribution in [0.3, 0.4) is 0 Å². The summed E-state index contributed by atoms with van der Waals surface area (Å²) in [5.41, 5.74) is 8.01. The van der Waals surface area contributed by atoms with Gasteiger partial charge in [0, 0.05) is 42.4 Å². The number of alkyl halides is 2. The van der Waals surface area contributed by atoms with Gasteiger partial charge < -0.3 is 16.5 Å². The molecule has 0 amide bonds. The Morgan fingerprint density at radius 3 is 2.62 bits per heavy atom. The van der Waals surface area contributed by atoms with E-state index in [4.69, 9.17) is 11.1 Å². The fourth-order valence-corrected chi connectivity index (χ4v) is 3.40. The van der Waals surface area contributed by atoms with E-state index < -0.39 is 18.1 Å². The number of nitrogens with two attached hydrogens (primary N) is 1. The quantitative estimate of drug-likeness (QED) is 0.353. The third-order valence-corrected chi connectivity index (χ3v) is 4.96. The van der Waals surface area contributed by atoms with Crippen molar-refractivity contribution in [2.45, 2.75) is 12.8 Å². The molecule has 4 aromatic rings. The first-order valence-corrected chi connectivity index (χ1v) is 9.79. The molecule has 12 heteroatoms. The lowest BCUT2D eigenvalue weighted by molar-refractivity contribution is 0.140. The van der Waals surface area contributed by atoms with Crippen molar-refractivity contribution in [1.29, 1.82) is 10.7 Å². The number of hydrogen-bond donors (Lipinski definition) is 3. The van der Waals surface area contributed by atoms with Crippen LogP contribution in [0.15, 0.2) is 54.8 Å². The summed E-state index contributed by atoms with van der Waals surface area (Å²) < 4.78 is 41.1. The number of benzene rings is 1. The number of aromatic nitrogens is 5. The Morgan fingerprint density at radius 1 is 1.24 bits per heavy atom. The van der Waals surface area contributed by atoms with Gasteiger partial charge >= 0.3 is 0 Å². The number of para-hydroxylation sites is 1. The second-order valence-corrected chi connectivity index (χ2v) is 7.01. The lowest BCUT2D eigenvalue weighted by atomic mass is 10.0. The predicted octanol–water partition coefficient (Wildman–Crippen LogP) is 3.90. The van der Waals surface area contributed by atoms with Crippen LogP contribution in [-0.2, 0) is 6.42 Å². The number of allylic oxidation sites excluding steroid dienone is 1. The standard InChI is InChI=1S/C22H16F3N9/c23-15-3-1-2-4-16(15)29-8-12(6-26)5-17-14(7-27)18(19-21(28)32-11-33-34(17)19)13-9-30-22(20(24)25)31-10-13/h1-4,6,8-11,20,26,29H,5H2,(H2,28,32,33)/b12-8-,26-6?. The van der Waals surface area contributed by atoms with Crippen LogP contribution in [0.25, 0.3) is 16.6 Å². The van der Waals surface area contributed by atoms with Crippen molar-refractivity contribution in [3.05, 3.63) is 77.7 Å². The predicted molar refractivity (Wildman–Crippen MR) is 119 cm³/mol. The number of anilines is 2. The Hall–Kier alpha value is -4.79. The summed E-state index contributed by atoms with van der Waals surface area (Å²) >= 11 is 0. The molecule has 4 rings (SSSR count). The third kappa shape index (κ3) is 4.14. The van der Waals surface area contributed by atoms with Crippen LogP contribution in [0.1, 0.15) is 23.5 Å². The highest BCUT2D eigenvalue weighted by atomic mass is 19.3. The van der Waals surface area contributed by atoms with Gasteiger partial charge in [-0.15, -0.1) is 0 Å². The first-order chi connectivity index (χ1) is 16.4. The average molecular weight is 463 g/mol. The van der Waals surface area contributed by atoms with Gasteiger partial charge in [0.2, 0.25) is 0 Å². The first kappa shape index (κ1) is 22.4. The van der Waals surface area contributed by atoms with E-state index in [1.165, 1.54) is 41.6 Å². The Labute approximate surface area is 190 Å². The van der Waals surface area contributed by atoms with Gasteiger partial charge in [-0.3, -0.25) is 0 Å². The molecule has 0 aliphatic heterocycles. The van der Waals surface area contributed by atoms with Gasteiger partial charge in [-0.25, -0.2) is 32.6 Å². The van der Waals surface area contributed by atoms with E-state index in [0.717, 1.165) is 6.21 Å². The van der Waals surface area contributed by atoms with Gasteiger partial charge in [0.1, 0.15) is 23.7 Å². The van der Waals surface area contributed by atoms with Gasteiger partial charge in [-0.1, -0.05) is 12.1 Å². The number of nitrogens with zero attached hydrogens (tertiary/aromatic N) is 6. The minimum atomic E-state index is -2.85. The lowest BCUT2D eigenvalue weighted by Crippen LogP contribution is -2.05. The third-order valence-electron chi connectivity index (χ3n) is 4.96. The molecule has 0 fully saturated rings. The second-order valence-electron chi connectivity index (χ2n) is 7.01. The number of nitriles is 1. The van der Waals surface area contributed by atoms with Crippen LogP contribution in [0.5, 0.6) is 0 Å². The van der Waals surface area contributed by atoms with E-state index in [9.17, 15) is 18.4 Å². The van der Waals surface area contributed by atoms with Crippen LogP contribution in [0, 0.1) is 22.6 Å². The summed E-state index contributed by atoms with van der Waals surface area (Å²) in [6, 6.07) is 8.14. The number of fused-ring (bicyclic) bond motifs is 1. The molecule has 3 heterocycles. The van der Waals surface area contributed by atoms with Crippen molar-refractivity contribution in [2.75, 3.05) is 11.1 Å². The van der Waals surface area contributed by atoms with E-state index in [0.29, 0.717) is 11.3 Å². The zero-order valence-electron chi connectivity index (χ0n) is 17.4. The number of hydrogen-bond acceptors (Lipinski definition) is 8. The smallest absolute Gasteiger partial charge is 0.297 e. The van der Waals surface area contributed by atoms with Gasteiger partial charge in [-0.05, 0) is 17.7 Å². The molecule has 34 heavy (non-hydrogen) atoms. The second kappa shape index (κ2) is 9.37. The molecule has 0 radical (unpaired) electrons. The topological polar surface area (TPSA) is 142 Å². The van der Waals surface area contributed by atoms with Crippen molar-refractivity contribution >= 4 is 23.2 Å². The van der Waals surface area contributed by atoms with Crippen LogP contribution in [0.2, 0.25) is 0 Å². The summed E-state index contributed by atoms with van der Waals surface area (Å²) in [5.74, 6) is -1.07. The monoisotopic (exact) mass is 463 g/mol. The molecule has 0 unspecified atom stereocenters. The van der Waals surface area contributed by atoms with Crippen LogP contribution in [0.4, 0.5) is 24.7 Å². The highest BCUT2D eigenvalue weighted by Crippen LogP contribution is 2.35. The van der Waals surface area contributed by atoms with Crippen LogP contribution < -0.4 is 11.1 Å². The number of nitrogen functional groups attached to an aromatic ring is 1. The molecule has 0 aliphatic carbocycles. The molecule has 0 spiro atoms. The minimum absolute atomic E-state index is 0.0431. The Morgan fingerprint density at radius 2 is 1.97 bits per heavy atom. The highest BCUT2D eigenvalue weighted by molar-refractivity contribution is 5.92. The van der Waals surface area contributed by atoms with Crippen molar-refractivity contribution in [2.24, 2.45) is 0 Å². The van der Waals surface area contributed by atoms with Crippen molar-refractivity contribution in [1.82, 2.24) is 24.6 Å². The van der Waals surface area contributed by atoms with Gasteiger partial charge in [0.15, 0.2) is 11.6 Å². The molecule has 0 saturated carbocycles. The highest BCUT2D eigenvalue weighted by Gasteiger charge is 2.24. The molecule has 0 saturated heterocycles. The Bertz CT molecular complexity index is 1440. The molecule has 9 nitrogen and oxygen atoms in total. The zero-order chi connectivity index (χ0) is 24.2. The molecule has 0 bridgehead atoms. The molecule has 3 aromatic heterocycles. The summed E-state index contributed by atoms with van der Waals surface area (Å²) in [6.07, 6.45) is 3.25. The fraction of sp³-hybridized carbons (Fsp3) is 0.0909. The first-order valence-electron chi connectivity index (χ1n) is 9.79. The van der Waals surface area contributed by atoms with Gasteiger partial charge in [0.05, 0.1) is 16.9 Å². The average Bonchev–Trinajstić information content (AvgIpc) is 3.17. The Balaban J connectivity index is 1.82. The summed E-state index contributed by atoms with van der Waals surface area (Å²) in [4.78, 5) is 11.3. The summed E-state index contributed by atoms with van der Waals surface area (Å²) in [6.45, 7) is 0. The fourth-order valence-electron chi connectivity index (χ4n) is 3.40. The van der Waals surface area contributed by atoms with Gasteiger partial charge in [-0.2, -0.15) is 10.4 Å². The van der Waals surface area contributed by atoms with Crippen molar-refractivity contribution < 1.29 is 13.2 Å². The maximum atomic E-state index is 13.9. The molecule has 4 N–H and O–H groups in total. The lowest BCUT2D eigenvalue weighted by Gasteiger charge is -2.06. The molecular weight excluding hydrogens is 447 g/mol.